The van der Waals surface area contributed by atoms with Gasteiger partial charge >= 0.3 is 0 Å². The molecular weight excluding hydrogens is 314 g/mol. The fourth-order valence-corrected chi connectivity index (χ4v) is 2.45. The van der Waals surface area contributed by atoms with Crippen molar-refractivity contribution >= 4 is 32.5 Å². The average molecular weight is 328 g/mol. The summed E-state index contributed by atoms with van der Waals surface area (Å²) in [6.45, 7) is 2.78. The molecule has 1 aromatic carbocycles. The molecule has 2 heterocycles. The Morgan fingerprint density at radius 2 is 2.00 bits per heavy atom. The van der Waals surface area contributed by atoms with Crippen molar-refractivity contribution in [1.82, 2.24) is 9.97 Å². The summed E-state index contributed by atoms with van der Waals surface area (Å²) in [5.74, 6) is 0. The lowest BCUT2D eigenvalue weighted by Crippen LogP contribution is -2.02. The summed E-state index contributed by atoms with van der Waals surface area (Å²) in [6.07, 6.45) is 1.82. The molecule has 1 N–H and O–H groups in total. The first-order valence-corrected chi connectivity index (χ1v) is 7.22. The number of anilines is 1. The van der Waals surface area contributed by atoms with E-state index in [1.165, 1.54) is 10.9 Å². The van der Waals surface area contributed by atoms with Crippen LogP contribution in [0.1, 0.15) is 11.3 Å². The number of benzene rings is 1. The van der Waals surface area contributed by atoms with Crippen LogP contribution in [0.5, 0.6) is 0 Å². The Balaban J connectivity index is 1.88. The highest BCUT2D eigenvalue weighted by atomic mass is 79.9. The number of hydrogen-bond donors (Lipinski definition) is 1. The molecular formula is C16H14BrN3. The minimum absolute atomic E-state index is 0.757. The van der Waals surface area contributed by atoms with Crippen LogP contribution in [0.3, 0.4) is 0 Å². The van der Waals surface area contributed by atoms with Crippen LogP contribution in [0.25, 0.3) is 10.9 Å². The van der Waals surface area contributed by atoms with E-state index in [0.29, 0.717) is 0 Å². The van der Waals surface area contributed by atoms with Gasteiger partial charge in [0.2, 0.25) is 0 Å². The summed E-state index contributed by atoms with van der Waals surface area (Å²) >= 11 is 3.34. The summed E-state index contributed by atoms with van der Waals surface area (Å²) in [5.41, 5.74) is 4.33. The molecule has 0 atom stereocenters. The largest absolute Gasteiger partial charge is 0.380 e. The number of aryl methyl sites for hydroxylation is 1. The van der Waals surface area contributed by atoms with Gasteiger partial charge in [0.05, 0.1) is 17.4 Å². The molecule has 0 radical (unpaired) electrons. The highest BCUT2D eigenvalue weighted by molar-refractivity contribution is 9.10. The fraction of sp³-hybridized carbons (Fsp3) is 0.125. The zero-order valence-corrected chi connectivity index (χ0v) is 12.7. The van der Waals surface area contributed by atoms with Gasteiger partial charge in [0.1, 0.15) is 4.60 Å². The first-order chi connectivity index (χ1) is 9.72. The van der Waals surface area contributed by atoms with Crippen molar-refractivity contribution in [1.29, 1.82) is 0 Å². The molecule has 100 valence electrons. The molecule has 0 bridgehead atoms. The summed E-state index contributed by atoms with van der Waals surface area (Å²) in [6, 6.07) is 14.3. The van der Waals surface area contributed by atoms with Crippen LogP contribution < -0.4 is 5.32 Å². The van der Waals surface area contributed by atoms with E-state index in [1.54, 1.807) is 0 Å². The smallest absolute Gasteiger partial charge is 0.106 e. The SMILES string of the molecule is Cc1cc(CNc2ccc(Br)nc2)c2ccccc2n1. The van der Waals surface area contributed by atoms with Crippen LogP contribution in [0.2, 0.25) is 0 Å². The minimum Gasteiger partial charge on any atom is -0.380 e. The van der Waals surface area contributed by atoms with Crippen LogP contribution in [-0.4, -0.2) is 9.97 Å². The van der Waals surface area contributed by atoms with Gasteiger partial charge in [0.15, 0.2) is 0 Å². The Kier molecular flexibility index (Phi) is 3.65. The first kappa shape index (κ1) is 13.1. The molecule has 0 fully saturated rings. The summed E-state index contributed by atoms with van der Waals surface area (Å²) in [4.78, 5) is 8.77. The predicted octanol–water partition coefficient (Wildman–Crippen LogP) is 4.31. The number of nitrogens with zero attached hydrogens (tertiary/aromatic N) is 2. The molecule has 20 heavy (non-hydrogen) atoms. The summed E-state index contributed by atoms with van der Waals surface area (Å²) in [7, 11) is 0. The van der Waals surface area contributed by atoms with Gasteiger partial charge in [-0.3, -0.25) is 4.98 Å². The molecule has 0 saturated heterocycles. The highest BCUT2D eigenvalue weighted by Crippen LogP contribution is 2.19. The molecule has 2 aromatic heterocycles. The normalized spacial score (nSPS) is 10.7. The maximum atomic E-state index is 4.56. The van der Waals surface area contributed by atoms with E-state index < -0.39 is 0 Å². The summed E-state index contributed by atoms with van der Waals surface area (Å²) < 4.78 is 0.841. The molecule has 0 spiro atoms. The van der Waals surface area contributed by atoms with Gasteiger partial charge in [-0.1, -0.05) is 18.2 Å². The standard InChI is InChI=1S/C16H14BrN3/c1-11-8-12(14-4-2-3-5-15(14)20-11)9-18-13-6-7-16(17)19-10-13/h2-8,10,18H,9H2,1H3. The van der Waals surface area contributed by atoms with Gasteiger partial charge in [-0.25, -0.2) is 4.98 Å². The van der Waals surface area contributed by atoms with Crippen molar-refractivity contribution in [3.8, 4) is 0 Å². The lowest BCUT2D eigenvalue weighted by atomic mass is 10.1. The molecule has 0 amide bonds. The van der Waals surface area contributed by atoms with Gasteiger partial charge in [0, 0.05) is 17.6 Å². The first-order valence-electron chi connectivity index (χ1n) is 6.43. The fourth-order valence-electron chi connectivity index (χ4n) is 2.22. The van der Waals surface area contributed by atoms with E-state index >= 15 is 0 Å². The lowest BCUT2D eigenvalue weighted by molar-refractivity contribution is 1.12. The Bertz CT molecular complexity index is 738. The monoisotopic (exact) mass is 327 g/mol. The number of aromatic nitrogens is 2. The molecule has 0 unspecified atom stereocenters. The molecule has 3 nitrogen and oxygen atoms in total. The summed E-state index contributed by atoms with van der Waals surface area (Å²) in [5, 5.41) is 4.59. The second kappa shape index (κ2) is 5.59. The van der Waals surface area contributed by atoms with E-state index in [9.17, 15) is 0 Å². The third-order valence-corrected chi connectivity index (χ3v) is 3.61. The van der Waals surface area contributed by atoms with Crippen molar-refractivity contribution < 1.29 is 0 Å². The topological polar surface area (TPSA) is 37.8 Å². The van der Waals surface area contributed by atoms with Gasteiger partial charge in [-0.2, -0.15) is 0 Å². The zero-order valence-electron chi connectivity index (χ0n) is 11.1. The Morgan fingerprint density at radius 3 is 2.80 bits per heavy atom. The lowest BCUT2D eigenvalue weighted by Gasteiger charge is -2.10. The average Bonchev–Trinajstić information content (AvgIpc) is 2.46. The molecule has 4 heteroatoms. The highest BCUT2D eigenvalue weighted by Gasteiger charge is 2.03. The number of hydrogen-bond acceptors (Lipinski definition) is 3. The van der Waals surface area contributed by atoms with Crippen molar-refractivity contribution in [2.24, 2.45) is 0 Å². The van der Waals surface area contributed by atoms with Crippen LogP contribution in [-0.2, 0) is 6.54 Å². The minimum atomic E-state index is 0.757. The Labute approximate surface area is 126 Å². The predicted molar refractivity (Wildman–Crippen MR) is 85.7 cm³/mol. The van der Waals surface area contributed by atoms with Crippen molar-refractivity contribution in [2.45, 2.75) is 13.5 Å². The van der Waals surface area contributed by atoms with Crippen LogP contribution in [0.15, 0.2) is 53.3 Å². The Hall–Kier alpha value is -1.94. The van der Waals surface area contributed by atoms with E-state index in [2.05, 4.69) is 43.3 Å². The molecule has 0 aliphatic rings. The van der Waals surface area contributed by atoms with Crippen molar-refractivity contribution in [3.63, 3.8) is 0 Å². The van der Waals surface area contributed by atoms with Crippen molar-refractivity contribution in [2.75, 3.05) is 5.32 Å². The van der Waals surface area contributed by atoms with Crippen LogP contribution in [0.4, 0.5) is 5.69 Å². The van der Waals surface area contributed by atoms with Gasteiger partial charge in [0.25, 0.3) is 0 Å². The molecule has 3 rings (SSSR count). The van der Waals surface area contributed by atoms with Gasteiger partial charge in [-0.15, -0.1) is 0 Å². The zero-order chi connectivity index (χ0) is 13.9. The number of fused-ring (bicyclic) bond motifs is 1. The third-order valence-electron chi connectivity index (χ3n) is 3.14. The quantitative estimate of drug-likeness (QED) is 0.728. The van der Waals surface area contributed by atoms with Gasteiger partial charge < -0.3 is 5.32 Å². The van der Waals surface area contributed by atoms with E-state index in [4.69, 9.17) is 0 Å². The molecule has 0 aliphatic carbocycles. The number of nitrogens with one attached hydrogen (secondary N) is 1. The number of para-hydroxylation sites is 1. The molecule has 3 aromatic rings. The van der Waals surface area contributed by atoms with E-state index in [0.717, 1.165) is 28.0 Å². The van der Waals surface area contributed by atoms with E-state index in [-0.39, 0.29) is 0 Å². The maximum Gasteiger partial charge on any atom is 0.106 e. The Morgan fingerprint density at radius 1 is 1.15 bits per heavy atom. The van der Waals surface area contributed by atoms with Crippen LogP contribution >= 0.6 is 15.9 Å². The number of halogens is 1. The molecule has 0 aliphatic heterocycles. The second-order valence-electron chi connectivity index (χ2n) is 4.66. The van der Waals surface area contributed by atoms with E-state index in [1.807, 2.05) is 43.5 Å². The number of rotatable bonds is 3. The molecule has 0 saturated carbocycles. The number of pyridine rings is 2. The van der Waals surface area contributed by atoms with Gasteiger partial charge in [-0.05, 0) is 52.7 Å². The second-order valence-corrected chi connectivity index (χ2v) is 5.48. The third kappa shape index (κ3) is 2.80. The van der Waals surface area contributed by atoms with Crippen molar-refractivity contribution in [3.05, 3.63) is 64.5 Å². The van der Waals surface area contributed by atoms with Crippen LogP contribution in [0, 0.1) is 6.92 Å². The maximum absolute atomic E-state index is 4.56.